The molecule has 0 fully saturated rings. The normalized spacial score (nSPS) is 9.26. The van der Waals surface area contributed by atoms with Crippen molar-refractivity contribution < 1.29 is 23.8 Å². The van der Waals surface area contributed by atoms with Gasteiger partial charge in [-0.2, -0.15) is 0 Å². The Morgan fingerprint density at radius 3 is 1.62 bits per heavy atom. The van der Waals surface area contributed by atoms with Crippen LogP contribution in [-0.4, -0.2) is 25.2 Å². The van der Waals surface area contributed by atoms with Crippen LogP contribution in [0.25, 0.3) is 0 Å². The van der Waals surface area contributed by atoms with Crippen molar-refractivity contribution in [3.8, 4) is 11.5 Å². The summed E-state index contributed by atoms with van der Waals surface area (Å²) >= 11 is 20.1. The van der Waals surface area contributed by atoms with Crippen LogP contribution in [-0.2, 0) is 14.3 Å². The Hall–Kier alpha value is -0.460. The number of rotatable bonds is 7. The second-order valence-corrected chi connectivity index (χ2v) is 11.0. The second-order valence-electron chi connectivity index (χ2n) is 5.79. The van der Waals surface area contributed by atoms with E-state index in [2.05, 4.69) is 109 Å². The van der Waals surface area contributed by atoms with E-state index in [1.165, 1.54) is 0 Å². The zero-order valence-electron chi connectivity index (χ0n) is 16.5. The van der Waals surface area contributed by atoms with E-state index in [1.807, 2.05) is 12.1 Å². The van der Waals surface area contributed by atoms with E-state index >= 15 is 0 Å². The van der Waals surface area contributed by atoms with Gasteiger partial charge in [0.25, 0.3) is 0 Å². The van der Waals surface area contributed by atoms with Gasteiger partial charge in [0.05, 0.1) is 17.9 Å². The zero-order chi connectivity index (χ0) is 24.4. The molecule has 0 bridgehead atoms. The molecule has 0 radical (unpaired) electrons. The number of esters is 2. The van der Waals surface area contributed by atoms with E-state index in [0.717, 1.165) is 24.0 Å². The van der Waals surface area contributed by atoms with E-state index in [1.54, 1.807) is 19.1 Å². The standard InChI is InChI=1S/C11H9Br3O3.C10H7Br3O2.2CH4/c1-2-10(15)16-3-4-17-11-8(13)5-7(12)6-9(11)14;1-5(2)10(14)15-9-7(12)3-6(11)4-8(9)13;;/h2,5-6H,1,3-4H2;3-4H,1H2,2H3;2*1H4. The molecule has 5 nitrogen and oxygen atoms in total. The van der Waals surface area contributed by atoms with Crippen LogP contribution < -0.4 is 9.47 Å². The average Bonchev–Trinajstić information content (AvgIpc) is 2.69. The lowest BCUT2D eigenvalue weighted by Gasteiger charge is -2.10. The van der Waals surface area contributed by atoms with Crippen molar-refractivity contribution in [1.29, 1.82) is 0 Å². The Bertz CT molecular complexity index is 977. The monoisotopic (exact) mass is 854 g/mol. The van der Waals surface area contributed by atoms with Crippen molar-refractivity contribution in [2.75, 3.05) is 13.2 Å². The summed E-state index contributed by atoms with van der Waals surface area (Å²) in [6.07, 6.45) is 1.12. The van der Waals surface area contributed by atoms with Gasteiger partial charge in [-0.05, 0) is 94.9 Å². The van der Waals surface area contributed by atoms with Gasteiger partial charge < -0.3 is 14.2 Å². The summed E-state index contributed by atoms with van der Waals surface area (Å²) in [6, 6.07) is 7.34. The van der Waals surface area contributed by atoms with E-state index in [4.69, 9.17) is 14.2 Å². The predicted octanol–water partition coefficient (Wildman–Crippen LogP) is 9.81. The van der Waals surface area contributed by atoms with Gasteiger partial charge in [-0.15, -0.1) is 0 Å². The summed E-state index contributed by atoms with van der Waals surface area (Å²) in [6.45, 7) is 8.87. The minimum Gasteiger partial charge on any atom is -0.488 e. The number of halogens is 6. The SMILES string of the molecule is C.C.C=C(C)C(=O)Oc1c(Br)cc(Br)cc1Br.C=CC(=O)OCCOc1c(Br)cc(Br)cc1Br. The van der Waals surface area contributed by atoms with Gasteiger partial charge in [-0.1, -0.05) is 59.9 Å². The van der Waals surface area contributed by atoms with Crippen LogP contribution in [0.15, 0.2) is 75.9 Å². The lowest BCUT2D eigenvalue weighted by Crippen LogP contribution is -2.10. The molecule has 0 aromatic heterocycles. The third kappa shape index (κ3) is 12.5. The molecule has 0 aliphatic rings. The maximum absolute atomic E-state index is 11.3. The van der Waals surface area contributed by atoms with Crippen LogP contribution >= 0.6 is 95.6 Å². The summed E-state index contributed by atoms with van der Waals surface area (Å²) in [5.74, 6) is 0.218. The maximum Gasteiger partial charge on any atom is 0.338 e. The fourth-order valence-electron chi connectivity index (χ4n) is 1.82. The van der Waals surface area contributed by atoms with Gasteiger partial charge in [0, 0.05) is 20.6 Å². The number of carbonyl (C=O) groups is 2. The Morgan fingerprint density at radius 1 is 0.824 bits per heavy atom. The summed E-state index contributed by atoms with van der Waals surface area (Å²) in [7, 11) is 0. The highest BCUT2D eigenvalue weighted by atomic mass is 79.9. The second kappa shape index (κ2) is 17.9. The highest BCUT2D eigenvalue weighted by Crippen LogP contribution is 2.37. The topological polar surface area (TPSA) is 61.8 Å². The highest BCUT2D eigenvalue weighted by Gasteiger charge is 2.13. The van der Waals surface area contributed by atoms with Crippen LogP contribution in [0.4, 0.5) is 0 Å². The molecule has 0 N–H and O–H groups in total. The van der Waals surface area contributed by atoms with Gasteiger partial charge in [0.2, 0.25) is 0 Å². The highest BCUT2D eigenvalue weighted by molar-refractivity contribution is 9.12. The van der Waals surface area contributed by atoms with Crippen molar-refractivity contribution in [1.82, 2.24) is 0 Å². The van der Waals surface area contributed by atoms with E-state index in [-0.39, 0.29) is 28.1 Å². The van der Waals surface area contributed by atoms with Crippen molar-refractivity contribution >= 4 is 108 Å². The molecule has 0 saturated heterocycles. The van der Waals surface area contributed by atoms with Gasteiger partial charge >= 0.3 is 11.9 Å². The molecular formula is C23H24Br6O5. The minimum absolute atomic E-state index is 0. The first-order valence-electron chi connectivity index (χ1n) is 8.55. The first-order valence-corrected chi connectivity index (χ1v) is 13.3. The molecule has 2 aromatic carbocycles. The molecule has 11 heteroatoms. The van der Waals surface area contributed by atoms with Crippen LogP contribution in [0, 0.1) is 0 Å². The predicted molar refractivity (Wildman–Crippen MR) is 160 cm³/mol. The zero-order valence-corrected chi connectivity index (χ0v) is 26.0. The molecule has 0 aliphatic heterocycles. The van der Waals surface area contributed by atoms with Gasteiger partial charge in [0.15, 0.2) is 5.75 Å². The van der Waals surface area contributed by atoms with Crippen LogP contribution in [0.2, 0.25) is 0 Å². The molecule has 2 aromatic rings. The minimum atomic E-state index is -0.456. The number of hydrogen-bond acceptors (Lipinski definition) is 5. The Morgan fingerprint density at radius 2 is 1.24 bits per heavy atom. The van der Waals surface area contributed by atoms with Crippen molar-refractivity contribution in [2.45, 2.75) is 21.8 Å². The van der Waals surface area contributed by atoms with Crippen LogP contribution in [0.5, 0.6) is 11.5 Å². The molecule has 0 amide bonds. The van der Waals surface area contributed by atoms with Crippen molar-refractivity contribution in [3.63, 3.8) is 0 Å². The number of ether oxygens (including phenoxy) is 3. The Kier molecular flexibility index (Phi) is 18.8. The lowest BCUT2D eigenvalue weighted by atomic mass is 10.3. The largest absolute Gasteiger partial charge is 0.488 e. The molecule has 0 heterocycles. The van der Waals surface area contributed by atoms with E-state index in [0.29, 0.717) is 26.0 Å². The number of carbonyl (C=O) groups excluding carboxylic acids is 2. The van der Waals surface area contributed by atoms with E-state index in [9.17, 15) is 9.59 Å². The quantitative estimate of drug-likeness (QED) is 0.120. The van der Waals surface area contributed by atoms with Gasteiger partial charge in [0.1, 0.15) is 19.0 Å². The molecule has 188 valence electrons. The molecule has 0 unspecified atom stereocenters. The molecule has 0 saturated carbocycles. The smallest absolute Gasteiger partial charge is 0.338 e. The third-order valence-electron chi connectivity index (χ3n) is 3.21. The molecule has 34 heavy (non-hydrogen) atoms. The average molecular weight is 860 g/mol. The van der Waals surface area contributed by atoms with Gasteiger partial charge in [-0.3, -0.25) is 0 Å². The van der Waals surface area contributed by atoms with Gasteiger partial charge in [-0.25, -0.2) is 9.59 Å². The Labute approximate surface area is 251 Å². The molecule has 2 rings (SSSR count). The molecule has 0 atom stereocenters. The molecular weight excluding hydrogens is 836 g/mol. The summed E-state index contributed by atoms with van der Waals surface area (Å²) in [5.41, 5.74) is 0.358. The fourth-order valence-corrected chi connectivity index (χ4v) is 6.73. The van der Waals surface area contributed by atoms with E-state index < -0.39 is 11.9 Å². The van der Waals surface area contributed by atoms with Crippen LogP contribution in [0.3, 0.4) is 0 Å². The molecule has 0 aliphatic carbocycles. The van der Waals surface area contributed by atoms with Crippen molar-refractivity contribution in [3.05, 3.63) is 75.9 Å². The fraction of sp³-hybridized carbons (Fsp3) is 0.217. The first-order chi connectivity index (χ1) is 15.0. The van der Waals surface area contributed by atoms with Crippen molar-refractivity contribution in [2.24, 2.45) is 0 Å². The van der Waals surface area contributed by atoms with Crippen LogP contribution in [0.1, 0.15) is 21.8 Å². The number of benzene rings is 2. The first kappa shape index (κ1) is 35.7. The number of hydrogen-bond donors (Lipinski definition) is 0. The third-order valence-corrected chi connectivity index (χ3v) is 6.48. The lowest BCUT2D eigenvalue weighted by molar-refractivity contribution is -0.138. The summed E-state index contributed by atoms with van der Waals surface area (Å²) in [5, 5.41) is 0. The summed E-state index contributed by atoms with van der Waals surface area (Å²) in [4.78, 5) is 22.1. The Balaban J connectivity index is 0. The maximum atomic E-state index is 11.3. The molecule has 0 spiro atoms. The summed E-state index contributed by atoms with van der Waals surface area (Å²) < 4.78 is 20.3.